The molecule has 0 radical (unpaired) electrons. The van der Waals surface area contributed by atoms with Crippen LogP contribution in [0.3, 0.4) is 0 Å². The van der Waals surface area contributed by atoms with Crippen LogP contribution in [0, 0.1) is 0 Å². The summed E-state index contributed by atoms with van der Waals surface area (Å²) in [4.78, 5) is 0. The van der Waals surface area contributed by atoms with Crippen LogP contribution in [0.25, 0.3) is 0 Å². The Hall–Kier alpha value is -1.07. The molecule has 21 heavy (non-hydrogen) atoms. The Labute approximate surface area is 123 Å². The molecular weight excluding hydrogens is 279 g/mol. The van der Waals surface area contributed by atoms with E-state index in [9.17, 15) is 13.2 Å². The summed E-state index contributed by atoms with van der Waals surface area (Å²) in [5, 5.41) is 3.37. The molecule has 1 aromatic rings. The minimum absolute atomic E-state index is 0.0217. The summed E-state index contributed by atoms with van der Waals surface area (Å²) >= 11 is 0. The van der Waals surface area contributed by atoms with Crippen LogP contribution in [0.2, 0.25) is 0 Å². The van der Waals surface area contributed by atoms with Gasteiger partial charge in [-0.05, 0) is 44.4 Å². The van der Waals surface area contributed by atoms with E-state index in [1.165, 1.54) is 12.1 Å². The molecule has 1 aromatic carbocycles. The van der Waals surface area contributed by atoms with Gasteiger partial charge in [0.15, 0.2) is 0 Å². The quantitative estimate of drug-likeness (QED) is 0.893. The second-order valence-electron chi connectivity index (χ2n) is 5.78. The zero-order valence-corrected chi connectivity index (χ0v) is 12.5. The Kier molecular flexibility index (Phi) is 4.94. The summed E-state index contributed by atoms with van der Waals surface area (Å²) < 4.78 is 44.2. The first-order valence-electron chi connectivity index (χ1n) is 7.38. The predicted molar refractivity (Wildman–Crippen MR) is 76.2 cm³/mol. The third kappa shape index (κ3) is 3.98. The van der Waals surface area contributed by atoms with Crippen molar-refractivity contribution in [3.63, 3.8) is 0 Å². The van der Waals surface area contributed by atoms with Crippen LogP contribution in [0.1, 0.15) is 37.8 Å². The molecule has 2 nitrogen and oxygen atoms in total. The zero-order chi connectivity index (χ0) is 15.5. The average Bonchev–Trinajstić information content (AvgIpc) is 2.86. The standard InChI is InChI=1S/C16H22F3NO/c1-3-20-14(15(2)8-5-9-21-15)11-12-6-4-7-13(10-12)16(17,18)19/h4,6-7,10,14,20H,3,5,8-9,11H2,1-2H3. The minimum Gasteiger partial charge on any atom is -0.374 e. The lowest BCUT2D eigenvalue weighted by molar-refractivity contribution is -0.137. The van der Waals surface area contributed by atoms with Crippen LogP contribution >= 0.6 is 0 Å². The van der Waals surface area contributed by atoms with E-state index in [1.54, 1.807) is 6.07 Å². The minimum atomic E-state index is -4.29. The van der Waals surface area contributed by atoms with Gasteiger partial charge in [0, 0.05) is 12.6 Å². The molecule has 0 saturated carbocycles. The summed E-state index contributed by atoms with van der Waals surface area (Å²) in [5.41, 5.74) is -0.204. The highest BCUT2D eigenvalue weighted by atomic mass is 19.4. The van der Waals surface area contributed by atoms with E-state index in [-0.39, 0.29) is 11.6 Å². The maximum Gasteiger partial charge on any atom is 0.416 e. The molecule has 0 aromatic heterocycles. The number of hydrogen-bond acceptors (Lipinski definition) is 2. The Morgan fingerprint density at radius 3 is 2.71 bits per heavy atom. The molecule has 0 bridgehead atoms. The van der Waals surface area contributed by atoms with E-state index < -0.39 is 11.7 Å². The summed E-state index contributed by atoms with van der Waals surface area (Å²) in [6, 6.07) is 5.59. The second kappa shape index (κ2) is 6.36. The lowest BCUT2D eigenvalue weighted by Gasteiger charge is -2.34. The van der Waals surface area contributed by atoms with Crippen molar-refractivity contribution >= 4 is 0 Å². The van der Waals surface area contributed by atoms with Gasteiger partial charge in [0.25, 0.3) is 0 Å². The molecule has 1 aliphatic heterocycles. The smallest absolute Gasteiger partial charge is 0.374 e. The van der Waals surface area contributed by atoms with Crippen molar-refractivity contribution in [1.82, 2.24) is 5.32 Å². The first-order valence-corrected chi connectivity index (χ1v) is 7.38. The fraction of sp³-hybridized carbons (Fsp3) is 0.625. The van der Waals surface area contributed by atoms with Gasteiger partial charge in [0.1, 0.15) is 0 Å². The first-order chi connectivity index (χ1) is 9.85. The van der Waals surface area contributed by atoms with Crippen LogP contribution < -0.4 is 5.32 Å². The van der Waals surface area contributed by atoms with Crippen LogP contribution in [0.15, 0.2) is 24.3 Å². The van der Waals surface area contributed by atoms with Crippen LogP contribution in [-0.4, -0.2) is 24.8 Å². The Bertz CT molecular complexity index is 467. The summed E-state index contributed by atoms with van der Waals surface area (Å²) in [6.45, 7) is 5.53. The maximum absolute atomic E-state index is 12.8. The number of alkyl halides is 3. The topological polar surface area (TPSA) is 21.3 Å². The number of likely N-dealkylation sites (N-methyl/N-ethyl adjacent to an activating group) is 1. The number of ether oxygens (including phenoxy) is 1. The van der Waals surface area contributed by atoms with E-state index in [1.807, 2.05) is 13.8 Å². The summed E-state index contributed by atoms with van der Waals surface area (Å²) in [7, 11) is 0. The molecule has 0 amide bonds. The molecule has 2 rings (SSSR count). The second-order valence-corrected chi connectivity index (χ2v) is 5.78. The summed E-state index contributed by atoms with van der Waals surface area (Å²) in [5.74, 6) is 0. The number of benzene rings is 1. The number of hydrogen-bond donors (Lipinski definition) is 1. The Balaban J connectivity index is 2.17. The van der Waals surface area contributed by atoms with E-state index in [0.717, 1.165) is 32.1 Å². The molecule has 0 aliphatic carbocycles. The van der Waals surface area contributed by atoms with Crippen LogP contribution in [-0.2, 0) is 17.3 Å². The molecular formula is C16H22F3NO. The van der Waals surface area contributed by atoms with Gasteiger partial charge >= 0.3 is 6.18 Å². The van der Waals surface area contributed by atoms with Gasteiger partial charge < -0.3 is 10.1 Å². The largest absolute Gasteiger partial charge is 0.416 e. The van der Waals surface area contributed by atoms with Crippen molar-refractivity contribution in [3.8, 4) is 0 Å². The van der Waals surface area contributed by atoms with Crippen molar-refractivity contribution in [2.75, 3.05) is 13.2 Å². The highest BCUT2D eigenvalue weighted by Crippen LogP contribution is 2.32. The lowest BCUT2D eigenvalue weighted by Crippen LogP contribution is -2.49. The van der Waals surface area contributed by atoms with Gasteiger partial charge in [-0.25, -0.2) is 0 Å². The van der Waals surface area contributed by atoms with Gasteiger partial charge in [-0.1, -0.05) is 25.1 Å². The fourth-order valence-corrected chi connectivity index (χ4v) is 2.94. The molecule has 5 heteroatoms. The molecule has 2 unspecified atom stereocenters. The zero-order valence-electron chi connectivity index (χ0n) is 12.5. The fourth-order valence-electron chi connectivity index (χ4n) is 2.94. The molecule has 1 N–H and O–H groups in total. The summed E-state index contributed by atoms with van der Waals surface area (Å²) in [6.07, 6.45) is -1.82. The van der Waals surface area contributed by atoms with Gasteiger partial charge in [0.05, 0.1) is 11.2 Å². The van der Waals surface area contributed by atoms with Crippen molar-refractivity contribution in [3.05, 3.63) is 35.4 Å². The average molecular weight is 301 g/mol. The van der Waals surface area contributed by atoms with E-state index in [2.05, 4.69) is 5.32 Å². The molecule has 1 fully saturated rings. The monoisotopic (exact) mass is 301 g/mol. The first kappa shape index (κ1) is 16.3. The molecule has 1 heterocycles. The Morgan fingerprint density at radius 1 is 1.38 bits per heavy atom. The molecule has 118 valence electrons. The normalized spacial score (nSPS) is 24.2. The number of nitrogens with one attached hydrogen (secondary N) is 1. The SMILES string of the molecule is CCNC(Cc1cccc(C(F)(F)F)c1)C1(C)CCCO1. The molecule has 2 atom stereocenters. The highest BCUT2D eigenvalue weighted by molar-refractivity contribution is 5.26. The van der Waals surface area contributed by atoms with E-state index in [4.69, 9.17) is 4.74 Å². The van der Waals surface area contributed by atoms with E-state index in [0.29, 0.717) is 12.0 Å². The van der Waals surface area contributed by atoms with Crippen LogP contribution in [0.5, 0.6) is 0 Å². The Morgan fingerprint density at radius 2 is 2.14 bits per heavy atom. The van der Waals surface area contributed by atoms with Gasteiger partial charge in [-0.3, -0.25) is 0 Å². The van der Waals surface area contributed by atoms with Gasteiger partial charge in [-0.2, -0.15) is 13.2 Å². The number of halogens is 3. The third-order valence-electron chi connectivity index (χ3n) is 4.13. The van der Waals surface area contributed by atoms with Crippen molar-refractivity contribution in [1.29, 1.82) is 0 Å². The third-order valence-corrected chi connectivity index (χ3v) is 4.13. The molecule has 0 spiro atoms. The van der Waals surface area contributed by atoms with Crippen molar-refractivity contribution < 1.29 is 17.9 Å². The van der Waals surface area contributed by atoms with E-state index >= 15 is 0 Å². The lowest BCUT2D eigenvalue weighted by atomic mass is 9.88. The van der Waals surface area contributed by atoms with Crippen molar-refractivity contribution in [2.24, 2.45) is 0 Å². The molecule has 1 aliphatic rings. The van der Waals surface area contributed by atoms with Crippen molar-refractivity contribution in [2.45, 2.75) is 50.9 Å². The predicted octanol–water partition coefficient (Wildman–Crippen LogP) is 3.80. The van der Waals surface area contributed by atoms with Gasteiger partial charge in [-0.15, -0.1) is 0 Å². The van der Waals surface area contributed by atoms with Gasteiger partial charge in [0.2, 0.25) is 0 Å². The molecule has 1 saturated heterocycles. The van der Waals surface area contributed by atoms with Crippen LogP contribution in [0.4, 0.5) is 13.2 Å². The maximum atomic E-state index is 12.8. The number of rotatable bonds is 5. The highest BCUT2D eigenvalue weighted by Gasteiger charge is 2.38.